The van der Waals surface area contributed by atoms with Gasteiger partial charge < -0.3 is 0 Å². The number of halogens is 1. The normalized spacial score (nSPS) is 15.2. The quantitative estimate of drug-likeness (QED) is 0.129. The van der Waals surface area contributed by atoms with Crippen LogP contribution in [0.1, 0.15) is 38.6 Å². The van der Waals surface area contributed by atoms with Crippen LogP contribution < -0.4 is 4.40 Å². The second kappa shape index (κ2) is 15.4. The Balaban J connectivity index is 4.90. The molecule has 0 aliphatic carbocycles. The zero-order chi connectivity index (χ0) is 34.9. The summed E-state index contributed by atoms with van der Waals surface area (Å²) in [6.45, 7) is 47.3. The molecule has 0 aliphatic rings. The van der Waals surface area contributed by atoms with Gasteiger partial charge in [0.25, 0.3) is 0 Å². The number of rotatable bonds is 15. The molecule has 0 fully saturated rings. The first kappa shape index (κ1) is 43.2. The first-order chi connectivity index (χ1) is 19.5. The van der Waals surface area contributed by atoms with Gasteiger partial charge in [0.1, 0.15) is 0 Å². The van der Waals surface area contributed by atoms with Crippen molar-refractivity contribution in [2.45, 2.75) is 140 Å². The predicted molar refractivity (Wildman–Crippen MR) is 231 cm³/mol. The molecule has 0 atom stereocenters. The molecule has 1 aromatic rings. The summed E-state index contributed by atoms with van der Waals surface area (Å²) in [6.07, 6.45) is 5.48. The average Bonchev–Trinajstić information content (AvgIpc) is 2.74. The molecule has 0 saturated heterocycles. The van der Waals surface area contributed by atoms with E-state index in [2.05, 4.69) is 174 Å². The van der Waals surface area contributed by atoms with Gasteiger partial charge in [0, 0.05) is 0 Å². The Morgan fingerprint density at radius 1 is 0.568 bits per heavy atom. The van der Waals surface area contributed by atoms with Crippen molar-refractivity contribution in [3.05, 3.63) is 50.0 Å². The Hall–Kier alpha value is 1.19. The Morgan fingerprint density at radius 3 is 1.14 bits per heavy atom. The van der Waals surface area contributed by atoms with Crippen LogP contribution in [0, 0.1) is 0 Å². The molecule has 254 valence electrons. The van der Waals surface area contributed by atoms with Crippen molar-refractivity contribution >= 4 is 89.4 Å². The SMILES string of the molecule is C[O][Ge](/[CH]=C/C/C=C/I)([O]C)[c]1c(C([Si](C)(C)C)[Si](C)(C)C)cc(C([Si](C)(C)C)[Si](C)(C)C)cc1C([Si](C)(C)C)[Si](C)(C)C. The van der Waals surface area contributed by atoms with Gasteiger partial charge in [0.05, 0.1) is 0 Å². The number of allylic oxidation sites excluding steroid dienone is 2. The van der Waals surface area contributed by atoms with Crippen LogP contribution in [0.4, 0.5) is 0 Å². The van der Waals surface area contributed by atoms with Crippen LogP contribution in [-0.2, 0) is 7.53 Å². The summed E-state index contributed by atoms with van der Waals surface area (Å²) >= 11 is -1.34. The van der Waals surface area contributed by atoms with E-state index in [9.17, 15) is 0 Å². The van der Waals surface area contributed by atoms with Crippen LogP contribution in [0.25, 0.3) is 0 Å². The monoisotopic (exact) mass is 880 g/mol. The van der Waals surface area contributed by atoms with E-state index in [1.165, 1.54) is 0 Å². The van der Waals surface area contributed by atoms with E-state index in [0.29, 0.717) is 15.5 Å². The fraction of sp³-hybridized carbons (Fsp3) is 0.706. The van der Waals surface area contributed by atoms with E-state index in [0.717, 1.165) is 6.42 Å². The van der Waals surface area contributed by atoms with Crippen molar-refractivity contribution in [1.29, 1.82) is 0 Å². The van der Waals surface area contributed by atoms with Gasteiger partial charge in [-0.3, -0.25) is 0 Å². The summed E-state index contributed by atoms with van der Waals surface area (Å²) < 4.78 is 17.4. The molecule has 0 heterocycles. The first-order valence-corrected chi connectivity index (χ1v) is 43.4. The van der Waals surface area contributed by atoms with Gasteiger partial charge in [-0.15, -0.1) is 0 Å². The molecular weight excluding hydrogens is 808 g/mol. The Bertz CT molecular complexity index is 1060. The van der Waals surface area contributed by atoms with Crippen molar-refractivity contribution in [2.75, 3.05) is 14.2 Å². The third kappa shape index (κ3) is 10.8. The molecule has 1 rings (SSSR count). The molecule has 0 saturated carbocycles. The molecule has 0 amide bonds. The summed E-state index contributed by atoms with van der Waals surface area (Å²) in [5.41, 5.74) is 4.97. The van der Waals surface area contributed by atoms with Gasteiger partial charge in [0.15, 0.2) is 0 Å². The van der Waals surface area contributed by atoms with Crippen molar-refractivity contribution in [3.63, 3.8) is 0 Å². The van der Waals surface area contributed by atoms with E-state index in [1.807, 2.05) is 14.2 Å². The minimum atomic E-state index is -3.66. The van der Waals surface area contributed by atoms with E-state index in [-0.39, 0.29) is 0 Å². The first-order valence-electron chi connectivity index (χ1n) is 16.7. The van der Waals surface area contributed by atoms with Crippen LogP contribution in [0.2, 0.25) is 118 Å². The molecule has 0 N–H and O–H groups in total. The summed E-state index contributed by atoms with van der Waals surface area (Å²) in [5, 5.41) is 1.94. The van der Waals surface area contributed by atoms with Gasteiger partial charge in [-0.05, 0) is 0 Å². The average molecular weight is 880 g/mol. The molecule has 1 aromatic carbocycles. The minimum absolute atomic E-state index is 0.620. The molecule has 0 spiro atoms. The third-order valence-electron chi connectivity index (χ3n) is 9.03. The van der Waals surface area contributed by atoms with Gasteiger partial charge in [-0.1, -0.05) is 0 Å². The molecule has 0 aliphatic heterocycles. The summed E-state index contributed by atoms with van der Waals surface area (Å²) in [5.74, 6) is 0. The van der Waals surface area contributed by atoms with Crippen molar-refractivity contribution in [2.24, 2.45) is 0 Å². The second-order valence-electron chi connectivity index (χ2n) is 19.6. The number of benzene rings is 1. The van der Waals surface area contributed by atoms with E-state index in [1.54, 1.807) is 21.1 Å². The topological polar surface area (TPSA) is 18.5 Å². The number of hydrogen-bond donors (Lipinski definition) is 0. The molecule has 2 nitrogen and oxygen atoms in total. The van der Waals surface area contributed by atoms with Crippen LogP contribution in [0.3, 0.4) is 0 Å². The molecule has 44 heavy (non-hydrogen) atoms. The third-order valence-corrected chi connectivity index (χ3v) is 44.1. The Kier molecular flexibility index (Phi) is 15.1. The van der Waals surface area contributed by atoms with Crippen molar-refractivity contribution < 1.29 is 7.53 Å². The second-order valence-corrected chi connectivity index (χ2v) is 60.2. The molecule has 0 radical (unpaired) electrons. The standard InChI is InChI=1S/C34H71GeIO2Si6/c1-37-35(38-2,24-22-21-23-25-36)31-29(33(41(9,10)11)42(12,13)14)26-28(32(39(3,4)5)40(6,7)8)27-30(31)34(43(15,16)17)44(18,19)20/h22-27,32-34H,21H2,1-20H3/b24-22+,25-23+. The number of hydrogen-bond acceptors (Lipinski definition) is 2. The Labute approximate surface area is 298 Å². The van der Waals surface area contributed by atoms with Crippen LogP contribution in [-0.4, -0.2) is 76.6 Å². The molecule has 10 heteroatoms. The van der Waals surface area contributed by atoms with Gasteiger partial charge in [-0.25, -0.2) is 0 Å². The zero-order valence-electron chi connectivity index (χ0n) is 32.6. The predicted octanol–water partition coefficient (Wildman–Crippen LogP) is 11.6. The van der Waals surface area contributed by atoms with Crippen molar-refractivity contribution in [1.82, 2.24) is 0 Å². The zero-order valence-corrected chi connectivity index (χ0v) is 42.9. The fourth-order valence-corrected chi connectivity index (χ4v) is 54.7. The summed E-state index contributed by atoms with van der Waals surface area (Å²) in [6, 6.07) is 5.56. The molecular formula is C34H71GeIO2Si6. The van der Waals surface area contributed by atoms with Crippen LogP contribution >= 0.6 is 22.6 Å². The van der Waals surface area contributed by atoms with Gasteiger partial charge in [-0.2, -0.15) is 0 Å². The van der Waals surface area contributed by atoms with Gasteiger partial charge >= 0.3 is 301 Å². The fourth-order valence-electron chi connectivity index (χ4n) is 9.36. The van der Waals surface area contributed by atoms with E-state index < -0.39 is 62.4 Å². The van der Waals surface area contributed by atoms with Gasteiger partial charge in [0.2, 0.25) is 0 Å². The van der Waals surface area contributed by atoms with E-state index in [4.69, 9.17) is 7.53 Å². The van der Waals surface area contributed by atoms with Crippen LogP contribution in [0.15, 0.2) is 33.3 Å². The Morgan fingerprint density at radius 2 is 0.886 bits per heavy atom. The van der Waals surface area contributed by atoms with E-state index >= 15 is 0 Å². The maximum absolute atomic E-state index is 6.85. The maximum atomic E-state index is 6.85. The van der Waals surface area contributed by atoms with Crippen LogP contribution in [0.5, 0.6) is 0 Å². The summed E-state index contributed by atoms with van der Waals surface area (Å²) in [4.78, 5) is 2.43. The van der Waals surface area contributed by atoms with Crippen molar-refractivity contribution in [3.8, 4) is 0 Å². The molecule has 0 aromatic heterocycles. The molecule has 0 bridgehead atoms. The molecule has 0 unspecified atom stereocenters. The summed E-state index contributed by atoms with van der Waals surface area (Å²) in [7, 11) is -5.77.